The van der Waals surface area contributed by atoms with Crippen LogP contribution in [0.3, 0.4) is 0 Å². The van der Waals surface area contributed by atoms with Gasteiger partial charge >= 0.3 is 0 Å². The normalized spacial score (nSPS) is 18.9. The highest BCUT2D eigenvalue weighted by molar-refractivity contribution is 7.80. The molecule has 5 nitrogen and oxygen atoms in total. The molecule has 0 saturated carbocycles. The van der Waals surface area contributed by atoms with E-state index < -0.39 is 0 Å². The van der Waals surface area contributed by atoms with Crippen molar-refractivity contribution in [2.45, 2.75) is 45.3 Å². The van der Waals surface area contributed by atoms with Crippen LogP contribution in [0.15, 0.2) is 0 Å². The topological polar surface area (TPSA) is 58.8 Å². The minimum absolute atomic E-state index is 0.133. The molecule has 1 aliphatic rings. The Bertz CT molecular complexity index is 352. The summed E-state index contributed by atoms with van der Waals surface area (Å²) in [5.41, 5.74) is 5.50. The summed E-state index contributed by atoms with van der Waals surface area (Å²) < 4.78 is 5.17. The highest BCUT2D eigenvalue weighted by atomic mass is 32.1. The van der Waals surface area contributed by atoms with E-state index in [1.807, 2.05) is 25.7 Å². The molecule has 0 aromatic heterocycles. The number of piperazine rings is 1. The summed E-state index contributed by atoms with van der Waals surface area (Å²) >= 11 is 5.12. The Balaban J connectivity index is 2.42. The standard InChI is InChI=1S/C14H27N3O2S/c1-11(19-4)5-6-12(18)16-7-9-17(10-8-16)14(2,3)13(15)20/h11H,5-10H2,1-4H3,(H2,15,20). The Labute approximate surface area is 127 Å². The zero-order valence-corrected chi connectivity index (χ0v) is 13.8. The minimum Gasteiger partial charge on any atom is -0.392 e. The lowest BCUT2D eigenvalue weighted by atomic mass is 10.0. The van der Waals surface area contributed by atoms with Gasteiger partial charge in [0.15, 0.2) is 0 Å². The second-order valence-electron chi connectivity index (χ2n) is 5.88. The summed E-state index contributed by atoms with van der Waals surface area (Å²) in [5, 5.41) is 0. The van der Waals surface area contributed by atoms with Gasteiger partial charge in [0.1, 0.15) is 0 Å². The molecule has 2 N–H and O–H groups in total. The number of hydrogen-bond acceptors (Lipinski definition) is 4. The Kier molecular flexibility index (Phi) is 6.36. The van der Waals surface area contributed by atoms with E-state index in [4.69, 9.17) is 22.7 Å². The number of ether oxygens (including phenoxy) is 1. The quantitative estimate of drug-likeness (QED) is 0.742. The fourth-order valence-electron chi connectivity index (χ4n) is 2.27. The van der Waals surface area contributed by atoms with Crippen molar-refractivity contribution in [1.82, 2.24) is 9.80 Å². The second kappa shape index (κ2) is 7.33. The van der Waals surface area contributed by atoms with Gasteiger partial charge in [-0.05, 0) is 27.2 Å². The van der Waals surface area contributed by atoms with Crippen LogP contribution in [-0.4, -0.2) is 65.6 Å². The molecule has 1 saturated heterocycles. The highest BCUT2D eigenvalue weighted by Gasteiger charge is 2.33. The average molecular weight is 301 g/mol. The van der Waals surface area contributed by atoms with Crippen molar-refractivity contribution in [2.75, 3.05) is 33.3 Å². The van der Waals surface area contributed by atoms with E-state index in [1.54, 1.807) is 7.11 Å². The molecule has 0 aromatic rings. The van der Waals surface area contributed by atoms with Gasteiger partial charge in [-0.25, -0.2) is 0 Å². The molecule has 1 rings (SSSR count). The monoisotopic (exact) mass is 301 g/mol. The SMILES string of the molecule is COC(C)CCC(=O)N1CCN(C(C)(C)C(N)=S)CC1. The number of amides is 1. The smallest absolute Gasteiger partial charge is 0.222 e. The third-order valence-electron chi connectivity index (χ3n) is 4.19. The third kappa shape index (κ3) is 4.40. The minimum atomic E-state index is -0.283. The third-order valence-corrected chi connectivity index (χ3v) is 4.69. The Hall–Kier alpha value is -0.720. The van der Waals surface area contributed by atoms with Crippen LogP contribution >= 0.6 is 12.2 Å². The fourth-order valence-corrected chi connectivity index (χ4v) is 2.40. The number of methoxy groups -OCH3 is 1. The van der Waals surface area contributed by atoms with Crippen molar-refractivity contribution in [3.63, 3.8) is 0 Å². The van der Waals surface area contributed by atoms with Gasteiger partial charge in [-0.15, -0.1) is 0 Å². The lowest BCUT2D eigenvalue weighted by molar-refractivity contribution is -0.134. The molecule has 1 amide bonds. The first-order chi connectivity index (χ1) is 9.28. The van der Waals surface area contributed by atoms with E-state index in [-0.39, 0.29) is 17.6 Å². The summed E-state index contributed by atoms with van der Waals surface area (Å²) in [5.74, 6) is 0.210. The predicted octanol–water partition coefficient (Wildman–Crippen LogP) is 1.01. The molecule has 6 heteroatoms. The Morgan fingerprint density at radius 3 is 2.35 bits per heavy atom. The number of nitrogens with two attached hydrogens (primary N) is 1. The molecule has 0 aromatic carbocycles. The molecule has 1 atom stereocenters. The van der Waals surface area contributed by atoms with E-state index in [0.717, 1.165) is 32.6 Å². The van der Waals surface area contributed by atoms with Crippen LogP contribution in [0.2, 0.25) is 0 Å². The first-order valence-electron chi connectivity index (χ1n) is 7.14. The van der Waals surface area contributed by atoms with E-state index in [0.29, 0.717) is 11.4 Å². The summed E-state index contributed by atoms with van der Waals surface area (Å²) in [6.07, 6.45) is 1.45. The average Bonchev–Trinajstić information content (AvgIpc) is 2.44. The van der Waals surface area contributed by atoms with Crippen LogP contribution in [0.25, 0.3) is 0 Å². The van der Waals surface area contributed by atoms with Crippen molar-refractivity contribution in [1.29, 1.82) is 0 Å². The van der Waals surface area contributed by atoms with Gasteiger partial charge in [-0.1, -0.05) is 12.2 Å². The van der Waals surface area contributed by atoms with Gasteiger partial charge in [0.25, 0.3) is 0 Å². The van der Waals surface area contributed by atoms with Gasteiger partial charge in [-0.2, -0.15) is 0 Å². The maximum atomic E-state index is 12.1. The van der Waals surface area contributed by atoms with Gasteiger partial charge in [0.05, 0.1) is 16.6 Å². The van der Waals surface area contributed by atoms with Crippen molar-refractivity contribution in [2.24, 2.45) is 5.73 Å². The second-order valence-corrected chi connectivity index (χ2v) is 6.32. The molecule has 0 radical (unpaired) electrons. The van der Waals surface area contributed by atoms with Gasteiger partial charge < -0.3 is 15.4 Å². The van der Waals surface area contributed by atoms with Crippen LogP contribution < -0.4 is 5.73 Å². The molecule has 116 valence electrons. The van der Waals surface area contributed by atoms with Crippen LogP contribution in [0, 0.1) is 0 Å². The highest BCUT2D eigenvalue weighted by Crippen LogP contribution is 2.18. The molecule has 0 spiro atoms. The molecule has 1 unspecified atom stereocenters. The van der Waals surface area contributed by atoms with Crippen molar-refractivity contribution >= 4 is 23.1 Å². The largest absolute Gasteiger partial charge is 0.392 e. The van der Waals surface area contributed by atoms with Gasteiger partial charge in [-0.3, -0.25) is 9.69 Å². The maximum Gasteiger partial charge on any atom is 0.222 e. The molecular weight excluding hydrogens is 274 g/mol. The van der Waals surface area contributed by atoms with E-state index in [2.05, 4.69) is 4.90 Å². The first-order valence-corrected chi connectivity index (χ1v) is 7.55. The number of thiocarbonyl (C=S) groups is 1. The number of nitrogens with zero attached hydrogens (tertiary/aromatic N) is 2. The van der Waals surface area contributed by atoms with Crippen molar-refractivity contribution in [3.05, 3.63) is 0 Å². The van der Waals surface area contributed by atoms with Gasteiger partial charge in [0, 0.05) is 39.7 Å². The number of carbonyl (C=O) groups excluding carboxylic acids is 1. The van der Waals surface area contributed by atoms with Crippen LogP contribution in [0.4, 0.5) is 0 Å². The predicted molar refractivity (Wildman–Crippen MR) is 84.7 cm³/mol. The molecule has 1 heterocycles. The molecule has 20 heavy (non-hydrogen) atoms. The summed E-state index contributed by atoms with van der Waals surface area (Å²) in [6.45, 7) is 9.17. The zero-order chi connectivity index (χ0) is 15.3. The first kappa shape index (κ1) is 17.3. The van der Waals surface area contributed by atoms with Crippen LogP contribution in [-0.2, 0) is 9.53 Å². The maximum absolute atomic E-state index is 12.1. The van der Waals surface area contributed by atoms with Gasteiger partial charge in [0.2, 0.25) is 5.91 Å². The lowest BCUT2D eigenvalue weighted by Crippen LogP contribution is -2.59. The number of carbonyl (C=O) groups is 1. The Morgan fingerprint density at radius 2 is 1.90 bits per heavy atom. The molecule has 1 aliphatic heterocycles. The molecule has 1 fully saturated rings. The molecule has 0 aliphatic carbocycles. The van der Waals surface area contributed by atoms with E-state index in [9.17, 15) is 4.79 Å². The summed E-state index contributed by atoms with van der Waals surface area (Å²) in [6, 6.07) is 0. The van der Waals surface area contributed by atoms with E-state index >= 15 is 0 Å². The summed E-state index contributed by atoms with van der Waals surface area (Å²) in [4.78, 5) is 16.8. The fraction of sp³-hybridized carbons (Fsp3) is 0.857. The van der Waals surface area contributed by atoms with Crippen molar-refractivity contribution < 1.29 is 9.53 Å². The number of hydrogen-bond donors (Lipinski definition) is 1. The van der Waals surface area contributed by atoms with Crippen LogP contribution in [0.5, 0.6) is 0 Å². The molecular formula is C14H27N3O2S. The zero-order valence-electron chi connectivity index (χ0n) is 13.0. The molecule has 0 bridgehead atoms. The lowest BCUT2D eigenvalue weighted by Gasteiger charge is -2.43. The summed E-state index contributed by atoms with van der Waals surface area (Å²) in [7, 11) is 1.67. The number of rotatable bonds is 6. The van der Waals surface area contributed by atoms with E-state index in [1.165, 1.54) is 0 Å². The van der Waals surface area contributed by atoms with Crippen LogP contribution in [0.1, 0.15) is 33.6 Å². The Morgan fingerprint density at radius 1 is 1.35 bits per heavy atom. The van der Waals surface area contributed by atoms with Crippen molar-refractivity contribution in [3.8, 4) is 0 Å².